The summed E-state index contributed by atoms with van der Waals surface area (Å²) in [6.45, 7) is 4.44. The van der Waals surface area contributed by atoms with Gasteiger partial charge in [0.05, 0.1) is 0 Å². The zero-order valence-corrected chi connectivity index (χ0v) is 11.6. The van der Waals surface area contributed by atoms with E-state index in [9.17, 15) is 0 Å². The van der Waals surface area contributed by atoms with Gasteiger partial charge in [0.15, 0.2) is 0 Å². The highest BCUT2D eigenvalue weighted by Crippen LogP contribution is 2.43. The van der Waals surface area contributed by atoms with Crippen molar-refractivity contribution < 1.29 is 0 Å². The Bertz CT molecular complexity index is 585. The van der Waals surface area contributed by atoms with E-state index in [1.807, 2.05) is 12.3 Å². The van der Waals surface area contributed by atoms with Gasteiger partial charge in [-0.3, -0.25) is 0 Å². The van der Waals surface area contributed by atoms with Gasteiger partial charge in [-0.1, -0.05) is 25.5 Å². The highest BCUT2D eigenvalue weighted by molar-refractivity contribution is 5.58. The summed E-state index contributed by atoms with van der Waals surface area (Å²) in [6, 6.07) is 12.8. The molecule has 1 aliphatic rings. The third-order valence-electron chi connectivity index (χ3n) is 4.20. The minimum Gasteiger partial charge on any atom is -0.340 e. The van der Waals surface area contributed by atoms with Crippen molar-refractivity contribution in [2.24, 2.45) is 0 Å². The fourth-order valence-corrected chi connectivity index (χ4v) is 2.72. The Morgan fingerprint density at radius 1 is 1.16 bits per heavy atom. The van der Waals surface area contributed by atoms with Gasteiger partial charge in [0.1, 0.15) is 5.82 Å². The number of rotatable bonds is 3. The molecule has 98 valence electrons. The first-order valence-corrected chi connectivity index (χ1v) is 6.96. The lowest BCUT2D eigenvalue weighted by Crippen LogP contribution is -2.30. The van der Waals surface area contributed by atoms with Gasteiger partial charge in [0.2, 0.25) is 0 Å². The fraction of sp³-hybridized carbons (Fsp3) is 0.353. The maximum absolute atomic E-state index is 4.35. The number of nitrogens with one attached hydrogen (secondary N) is 1. The van der Waals surface area contributed by atoms with Crippen molar-refractivity contribution in [2.45, 2.75) is 38.5 Å². The van der Waals surface area contributed by atoms with Crippen LogP contribution in [0.5, 0.6) is 0 Å². The van der Waals surface area contributed by atoms with Crippen LogP contribution in [0.1, 0.15) is 37.3 Å². The molecule has 1 N–H and O–H groups in total. The van der Waals surface area contributed by atoms with Gasteiger partial charge in [-0.2, -0.15) is 0 Å². The minimum absolute atomic E-state index is 0.387. The van der Waals surface area contributed by atoms with E-state index in [1.165, 1.54) is 30.4 Å². The second-order valence-corrected chi connectivity index (χ2v) is 5.84. The first-order chi connectivity index (χ1) is 9.16. The quantitative estimate of drug-likeness (QED) is 0.865. The number of pyridine rings is 1. The van der Waals surface area contributed by atoms with E-state index >= 15 is 0 Å². The highest BCUT2D eigenvalue weighted by atomic mass is 15.0. The van der Waals surface area contributed by atoms with E-state index in [1.54, 1.807) is 0 Å². The molecule has 0 aliphatic heterocycles. The van der Waals surface area contributed by atoms with Gasteiger partial charge in [-0.05, 0) is 60.6 Å². The first kappa shape index (κ1) is 12.2. The normalized spacial score (nSPS) is 16.7. The average molecular weight is 252 g/mol. The van der Waals surface area contributed by atoms with Crippen molar-refractivity contribution in [3.05, 3.63) is 53.7 Å². The topological polar surface area (TPSA) is 24.9 Å². The molecular formula is C17H20N2. The second-order valence-electron chi connectivity index (χ2n) is 5.84. The van der Waals surface area contributed by atoms with Gasteiger partial charge in [-0.25, -0.2) is 4.98 Å². The Morgan fingerprint density at radius 2 is 2.00 bits per heavy atom. The molecule has 0 bridgehead atoms. The highest BCUT2D eigenvalue weighted by Gasteiger charge is 2.33. The molecule has 0 atom stereocenters. The smallest absolute Gasteiger partial charge is 0.130 e. The van der Waals surface area contributed by atoms with Crippen LogP contribution in [-0.4, -0.2) is 4.98 Å². The molecule has 0 spiro atoms. The van der Waals surface area contributed by atoms with E-state index < -0.39 is 0 Å². The molecule has 0 saturated heterocycles. The van der Waals surface area contributed by atoms with Crippen LogP contribution < -0.4 is 5.32 Å². The van der Waals surface area contributed by atoms with Crippen molar-refractivity contribution in [2.75, 3.05) is 5.32 Å². The molecule has 0 amide bonds. The Balaban J connectivity index is 1.84. The number of hydrogen-bond acceptors (Lipinski definition) is 2. The zero-order valence-electron chi connectivity index (χ0n) is 11.6. The maximum Gasteiger partial charge on any atom is 0.130 e. The SMILES string of the molecule is Cc1ccnc(Nc2cccc(C3(C)CCC3)c2)c1. The van der Waals surface area contributed by atoms with Crippen molar-refractivity contribution in [1.29, 1.82) is 0 Å². The molecular weight excluding hydrogens is 232 g/mol. The summed E-state index contributed by atoms with van der Waals surface area (Å²) >= 11 is 0. The molecule has 2 heteroatoms. The van der Waals surface area contributed by atoms with Crippen molar-refractivity contribution >= 4 is 11.5 Å². The standard InChI is InChI=1S/C17H20N2/c1-13-7-10-18-16(11-13)19-15-6-3-5-14(12-15)17(2)8-4-9-17/h3,5-7,10-12H,4,8-9H2,1-2H3,(H,18,19). The van der Waals surface area contributed by atoms with Gasteiger partial charge in [0.25, 0.3) is 0 Å². The molecule has 0 unspecified atom stereocenters. The van der Waals surface area contributed by atoms with Crippen molar-refractivity contribution in [3.63, 3.8) is 0 Å². The number of hydrogen-bond donors (Lipinski definition) is 1. The number of aromatic nitrogens is 1. The maximum atomic E-state index is 4.35. The van der Waals surface area contributed by atoms with Crippen LogP contribution in [0.25, 0.3) is 0 Å². The van der Waals surface area contributed by atoms with E-state index in [2.05, 4.69) is 54.5 Å². The summed E-state index contributed by atoms with van der Waals surface area (Å²) in [5.74, 6) is 0.913. The lowest BCUT2D eigenvalue weighted by atomic mass is 9.66. The van der Waals surface area contributed by atoms with E-state index in [0.717, 1.165) is 11.5 Å². The van der Waals surface area contributed by atoms with E-state index in [4.69, 9.17) is 0 Å². The molecule has 19 heavy (non-hydrogen) atoms. The molecule has 1 saturated carbocycles. The van der Waals surface area contributed by atoms with Gasteiger partial charge in [-0.15, -0.1) is 0 Å². The molecule has 0 radical (unpaired) electrons. The summed E-state index contributed by atoms with van der Waals surface area (Å²) in [5.41, 5.74) is 4.18. The largest absolute Gasteiger partial charge is 0.340 e. The van der Waals surface area contributed by atoms with Crippen LogP contribution in [0.3, 0.4) is 0 Å². The van der Waals surface area contributed by atoms with Crippen LogP contribution in [0, 0.1) is 6.92 Å². The summed E-state index contributed by atoms with van der Waals surface area (Å²) in [4.78, 5) is 4.35. The molecule has 1 aliphatic carbocycles. The number of nitrogens with zero attached hydrogens (tertiary/aromatic N) is 1. The van der Waals surface area contributed by atoms with Gasteiger partial charge in [0, 0.05) is 11.9 Å². The van der Waals surface area contributed by atoms with E-state index in [0.29, 0.717) is 5.41 Å². The minimum atomic E-state index is 0.387. The number of aryl methyl sites for hydroxylation is 1. The van der Waals surface area contributed by atoms with Crippen LogP contribution >= 0.6 is 0 Å². The molecule has 2 aromatic rings. The average Bonchev–Trinajstić information content (AvgIpc) is 2.36. The number of benzene rings is 1. The summed E-state index contributed by atoms with van der Waals surface area (Å²) in [5, 5.41) is 3.39. The molecule has 1 fully saturated rings. The third-order valence-corrected chi connectivity index (χ3v) is 4.20. The predicted molar refractivity (Wildman–Crippen MR) is 79.9 cm³/mol. The lowest BCUT2D eigenvalue weighted by Gasteiger charge is -2.39. The molecule has 2 nitrogen and oxygen atoms in total. The molecule has 1 aromatic heterocycles. The van der Waals surface area contributed by atoms with Gasteiger partial charge >= 0.3 is 0 Å². The van der Waals surface area contributed by atoms with Crippen LogP contribution in [0.2, 0.25) is 0 Å². The van der Waals surface area contributed by atoms with Crippen molar-refractivity contribution in [3.8, 4) is 0 Å². The Morgan fingerprint density at radius 3 is 2.68 bits per heavy atom. The first-order valence-electron chi connectivity index (χ1n) is 6.96. The third kappa shape index (κ3) is 2.48. The number of anilines is 2. The molecule has 1 aromatic carbocycles. The van der Waals surface area contributed by atoms with Gasteiger partial charge < -0.3 is 5.32 Å². The summed E-state index contributed by atoms with van der Waals surface area (Å²) in [7, 11) is 0. The van der Waals surface area contributed by atoms with Crippen LogP contribution in [-0.2, 0) is 5.41 Å². The fourth-order valence-electron chi connectivity index (χ4n) is 2.72. The van der Waals surface area contributed by atoms with Crippen molar-refractivity contribution in [1.82, 2.24) is 4.98 Å². The Kier molecular flexibility index (Phi) is 3.02. The zero-order chi connectivity index (χ0) is 13.3. The summed E-state index contributed by atoms with van der Waals surface area (Å²) < 4.78 is 0. The second kappa shape index (κ2) is 4.69. The van der Waals surface area contributed by atoms with E-state index in [-0.39, 0.29) is 0 Å². The Labute approximate surface area is 114 Å². The predicted octanol–water partition coefficient (Wildman–Crippen LogP) is 4.58. The summed E-state index contributed by atoms with van der Waals surface area (Å²) in [6.07, 6.45) is 5.81. The Hall–Kier alpha value is -1.83. The lowest BCUT2D eigenvalue weighted by molar-refractivity contribution is 0.272. The molecule has 3 rings (SSSR count). The van der Waals surface area contributed by atoms with Crippen LogP contribution in [0.15, 0.2) is 42.6 Å². The monoisotopic (exact) mass is 252 g/mol. The van der Waals surface area contributed by atoms with Crippen LogP contribution in [0.4, 0.5) is 11.5 Å². The molecule has 1 heterocycles.